The van der Waals surface area contributed by atoms with Crippen molar-refractivity contribution in [1.82, 2.24) is 10.2 Å². The van der Waals surface area contributed by atoms with E-state index >= 15 is 0 Å². The topological polar surface area (TPSA) is 84.9 Å². The molecule has 1 unspecified atom stereocenters. The molecule has 194 valence electrons. The Morgan fingerprint density at radius 1 is 1.15 bits per heavy atom. The number of carbonyl (C=O) groups is 3. The lowest BCUT2D eigenvalue weighted by atomic mass is 9.73. The number of likely N-dealkylation sites (N-methyl/N-ethyl adjacent to an activating group) is 1. The standard InChI is InChI=1S/C16H30N2O3.C9H20NO2/c1-15(2,10-16(3,4)11-17-12-19)8-14(20)18-7-6-13(9-18)21-5;1-5-7-10(3,4)8-9(11)12-6-2/h12-13H,6-11H2,1-5H3,(H,17,19);5-8H2,1-4H3/q;+1. The Morgan fingerprint density at radius 3 is 2.27 bits per heavy atom. The van der Waals surface area contributed by atoms with E-state index in [0.717, 1.165) is 43.2 Å². The fraction of sp³-hybridized carbons (Fsp3) is 0.880. The summed E-state index contributed by atoms with van der Waals surface area (Å²) >= 11 is 0. The summed E-state index contributed by atoms with van der Waals surface area (Å²) < 4.78 is 10.9. The van der Waals surface area contributed by atoms with Crippen molar-refractivity contribution in [2.75, 3.05) is 60.5 Å². The van der Waals surface area contributed by atoms with Crippen LogP contribution in [-0.4, -0.2) is 94.3 Å². The highest BCUT2D eigenvalue weighted by atomic mass is 16.5. The van der Waals surface area contributed by atoms with Crippen molar-refractivity contribution in [3.05, 3.63) is 0 Å². The minimum atomic E-state index is -0.101. The number of quaternary nitrogens is 1. The summed E-state index contributed by atoms with van der Waals surface area (Å²) in [5.41, 5.74) is -0.110. The SMILES string of the molecule is CCC[N+](C)(C)CC(=O)OCC.COC1CCN(C(=O)CC(C)(C)CC(C)(C)CNC=O)C1. The summed E-state index contributed by atoms with van der Waals surface area (Å²) in [4.78, 5) is 35.9. The largest absolute Gasteiger partial charge is 0.462 e. The second-order valence-corrected chi connectivity index (χ2v) is 11.3. The smallest absolute Gasteiger partial charge is 0.361 e. The number of amides is 2. The zero-order valence-electron chi connectivity index (χ0n) is 22.7. The molecule has 0 saturated carbocycles. The minimum absolute atomic E-state index is 0.0231. The second kappa shape index (κ2) is 14.6. The van der Waals surface area contributed by atoms with E-state index in [1.165, 1.54) is 0 Å². The van der Waals surface area contributed by atoms with Gasteiger partial charge in [-0.25, -0.2) is 4.79 Å². The molecule has 8 heteroatoms. The van der Waals surface area contributed by atoms with E-state index in [1.807, 2.05) is 25.9 Å². The van der Waals surface area contributed by atoms with E-state index in [4.69, 9.17) is 9.47 Å². The molecule has 0 aromatic carbocycles. The number of hydrogen-bond donors (Lipinski definition) is 1. The van der Waals surface area contributed by atoms with Crippen LogP contribution >= 0.6 is 0 Å². The van der Waals surface area contributed by atoms with Gasteiger partial charge in [0.25, 0.3) is 0 Å². The molecule has 2 amide bonds. The summed E-state index contributed by atoms with van der Waals surface area (Å²) in [7, 11) is 5.78. The van der Waals surface area contributed by atoms with Gasteiger partial charge in [0, 0.05) is 33.2 Å². The van der Waals surface area contributed by atoms with Crippen LogP contribution in [0.1, 0.15) is 67.2 Å². The number of hydrogen-bond acceptors (Lipinski definition) is 5. The molecule has 1 atom stereocenters. The van der Waals surface area contributed by atoms with Crippen molar-refractivity contribution in [1.29, 1.82) is 0 Å². The summed E-state index contributed by atoms with van der Waals surface area (Å²) in [6.45, 7) is 16.5. The summed E-state index contributed by atoms with van der Waals surface area (Å²) in [6, 6.07) is 0. The fourth-order valence-corrected chi connectivity index (χ4v) is 4.65. The normalized spacial score (nSPS) is 16.6. The van der Waals surface area contributed by atoms with E-state index in [0.29, 0.717) is 32.7 Å². The molecule has 1 heterocycles. The third kappa shape index (κ3) is 14.3. The van der Waals surface area contributed by atoms with Crippen molar-refractivity contribution in [2.45, 2.75) is 73.3 Å². The van der Waals surface area contributed by atoms with Crippen LogP contribution in [-0.2, 0) is 23.9 Å². The van der Waals surface area contributed by atoms with Crippen molar-refractivity contribution >= 4 is 18.3 Å². The Labute approximate surface area is 201 Å². The fourth-order valence-electron chi connectivity index (χ4n) is 4.65. The van der Waals surface area contributed by atoms with Gasteiger partial charge in [0.2, 0.25) is 12.3 Å². The van der Waals surface area contributed by atoms with Crippen molar-refractivity contribution < 1.29 is 28.3 Å². The molecule has 1 N–H and O–H groups in total. The molecule has 1 fully saturated rings. The molecule has 0 aromatic rings. The van der Waals surface area contributed by atoms with Gasteiger partial charge in [-0.1, -0.05) is 34.6 Å². The van der Waals surface area contributed by atoms with Crippen LogP contribution in [0, 0.1) is 10.8 Å². The number of nitrogens with zero attached hydrogens (tertiary/aromatic N) is 2. The van der Waals surface area contributed by atoms with E-state index in [1.54, 1.807) is 7.11 Å². The van der Waals surface area contributed by atoms with E-state index in [9.17, 15) is 14.4 Å². The molecule has 0 aliphatic carbocycles. The molecule has 8 nitrogen and oxygen atoms in total. The quantitative estimate of drug-likeness (QED) is 0.253. The third-order valence-corrected chi connectivity index (χ3v) is 5.77. The van der Waals surface area contributed by atoms with Gasteiger partial charge in [-0.15, -0.1) is 0 Å². The van der Waals surface area contributed by atoms with Crippen LogP contribution in [0.2, 0.25) is 0 Å². The average Bonchev–Trinajstić information content (AvgIpc) is 3.15. The minimum Gasteiger partial charge on any atom is -0.462 e. The summed E-state index contributed by atoms with van der Waals surface area (Å²) in [6.07, 6.45) is 4.35. The first-order chi connectivity index (χ1) is 15.2. The molecule has 0 radical (unpaired) electrons. The molecule has 1 aliphatic rings. The summed E-state index contributed by atoms with van der Waals surface area (Å²) in [5, 5.41) is 2.74. The van der Waals surface area contributed by atoms with Gasteiger partial charge in [0.05, 0.1) is 33.4 Å². The molecular weight excluding hydrogens is 422 g/mol. The Morgan fingerprint density at radius 2 is 1.79 bits per heavy atom. The number of methoxy groups -OCH3 is 1. The molecule has 33 heavy (non-hydrogen) atoms. The highest BCUT2D eigenvalue weighted by Crippen LogP contribution is 2.36. The molecular formula is C25H50N3O5+. The average molecular weight is 473 g/mol. The van der Waals surface area contributed by atoms with Crippen molar-refractivity contribution in [3.63, 3.8) is 0 Å². The molecule has 0 aromatic heterocycles. The Bertz CT molecular complexity index is 605. The van der Waals surface area contributed by atoms with Crippen LogP contribution in [0.15, 0.2) is 0 Å². The number of ether oxygens (including phenoxy) is 2. The highest BCUT2D eigenvalue weighted by molar-refractivity contribution is 5.77. The first kappa shape index (κ1) is 31.3. The number of rotatable bonds is 13. The van der Waals surface area contributed by atoms with Gasteiger partial charge in [-0.2, -0.15) is 0 Å². The highest BCUT2D eigenvalue weighted by Gasteiger charge is 2.34. The van der Waals surface area contributed by atoms with Gasteiger partial charge >= 0.3 is 5.97 Å². The van der Waals surface area contributed by atoms with E-state index in [2.05, 4.69) is 39.9 Å². The predicted octanol–water partition coefficient (Wildman–Crippen LogP) is 2.85. The Kier molecular flexibility index (Phi) is 13.8. The zero-order chi connectivity index (χ0) is 25.7. The third-order valence-electron chi connectivity index (χ3n) is 5.77. The van der Waals surface area contributed by atoms with E-state index < -0.39 is 0 Å². The van der Waals surface area contributed by atoms with Gasteiger partial charge < -0.3 is 24.2 Å². The Hall–Kier alpha value is -1.67. The maximum atomic E-state index is 12.4. The maximum Gasteiger partial charge on any atom is 0.361 e. The lowest BCUT2D eigenvalue weighted by molar-refractivity contribution is -0.883. The Balaban J connectivity index is 0.000000728. The zero-order valence-corrected chi connectivity index (χ0v) is 22.7. The van der Waals surface area contributed by atoms with Crippen LogP contribution in [0.25, 0.3) is 0 Å². The van der Waals surface area contributed by atoms with Crippen LogP contribution in [0.5, 0.6) is 0 Å². The maximum absolute atomic E-state index is 12.4. The number of nitrogens with one attached hydrogen (secondary N) is 1. The van der Waals surface area contributed by atoms with Crippen LogP contribution in [0.3, 0.4) is 0 Å². The van der Waals surface area contributed by atoms with Gasteiger partial charge in [-0.3, -0.25) is 9.59 Å². The monoisotopic (exact) mass is 472 g/mol. The predicted molar refractivity (Wildman–Crippen MR) is 132 cm³/mol. The number of carbonyl (C=O) groups excluding carboxylic acids is 3. The summed E-state index contributed by atoms with van der Waals surface area (Å²) in [5.74, 6) is 0.106. The molecule has 1 aliphatic heterocycles. The van der Waals surface area contributed by atoms with Gasteiger partial charge in [0.15, 0.2) is 6.54 Å². The van der Waals surface area contributed by atoms with Crippen molar-refractivity contribution in [3.8, 4) is 0 Å². The van der Waals surface area contributed by atoms with E-state index in [-0.39, 0.29) is 28.8 Å². The molecule has 1 saturated heterocycles. The number of likely N-dealkylation sites (tertiary alicyclic amines) is 1. The van der Waals surface area contributed by atoms with Gasteiger partial charge in [-0.05, 0) is 37.0 Å². The van der Waals surface area contributed by atoms with Crippen LogP contribution in [0.4, 0.5) is 0 Å². The molecule has 1 rings (SSSR count). The second-order valence-electron chi connectivity index (χ2n) is 11.3. The first-order valence-corrected chi connectivity index (χ1v) is 12.2. The van der Waals surface area contributed by atoms with Gasteiger partial charge in [0.1, 0.15) is 0 Å². The lowest BCUT2D eigenvalue weighted by Gasteiger charge is -2.35. The van der Waals surface area contributed by atoms with Crippen LogP contribution < -0.4 is 5.32 Å². The molecule has 0 bridgehead atoms. The lowest BCUT2D eigenvalue weighted by Crippen LogP contribution is -2.44. The first-order valence-electron chi connectivity index (χ1n) is 12.2. The number of esters is 1. The van der Waals surface area contributed by atoms with Crippen molar-refractivity contribution in [2.24, 2.45) is 10.8 Å². The molecule has 0 spiro atoms.